The van der Waals surface area contributed by atoms with Crippen molar-refractivity contribution in [1.82, 2.24) is 4.57 Å². The number of aromatic nitrogens is 2. The Labute approximate surface area is 132 Å². The van der Waals surface area contributed by atoms with Crippen molar-refractivity contribution < 1.29 is 30.9 Å². The van der Waals surface area contributed by atoms with Crippen LogP contribution in [-0.2, 0) is 43.1 Å². The SMILES string of the molecule is COCCOCCn1cc[n+](C)c1.CS(=O)(=O)[N-]S(C)(=O)=O. The Morgan fingerprint density at radius 2 is 1.68 bits per heavy atom. The Kier molecular flexibility index (Phi) is 9.44. The van der Waals surface area contributed by atoms with Crippen LogP contribution in [0.5, 0.6) is 0 Å². The molecule has 0 aromatic carbocycles. The lowest BCUT2D eigenvalue weighted by molar-refractivity contribution is -0.671. The fourth-order valence-electron chi connectivity index (χ4n) is 1.29. The van der Waals surface area contributed by atoms with E-state index in [2.05, 4.69) is 8.69 Å². The fourth-order valence-corrected chi connectivity index (χ4v) is 3.26. The molecule has 0 aliphatic rings. The molecule has 0 atom stereocenters. The molecule has 0 saturated carbocycles. The van der Waals surface area contributed by atoms with Gasteiger partial charge >= 0.3 is 0 Å². The van der Waals surface area contributed by atoms with Gasteiger partial charge in [-0.15, -0.1) is 0 Å². The third kappa shape index (κ3) is 13.9. The average molecular weight is 357 g/mol. The van der Waals surface area contributed by atoms with Gasteiger partial charge in [-0.2, -0.15) is 0 Å². The summed E-state index contributed by atoms with van der Waals surface area (Å²) in [7, 11) is -3.81. The maximum atomic E-state index is 10.1. The van der Waals surface area contributed by atoms with Crippen LogP contribution in [0.4, 0.5) is 0 Å². The second-order valence-electron chi connectivity index (χ2n) is 4.46. The smallest absolute Gasteiger partial charge is 0.243 e. The first-order valence-corrected chi connectivity index (χ1v) is 9.95. The quantitative estimate of drug-likeness (QED) is 0.447. The Morgan fingerprint density at radius 1 is 1.09 bits per heavy atom. The zero-order valence-electron chi connectivity index (χ0n) is 13.2. The Morgan fingerprint density at radius 3 is 2.05 bits per heavy atom. The Bertz CT molecular complexity index is 594. The van der Waals surface area contributed by atoms with Gasteiger partial charge in [-0.05, 0) is 0 Å². The van der Waals surface area contributed by atoms with Crippen LogP contribution < -0.4 is 4.57 Å². The minimum absolute atomic E-state index is 0.666. The molecule has 22 heavy (non-hydrogen) atoms. The van der Waals surface area contributed by atoms with Gasteiger partial charge in [0.15, 0.2) is 0 Å². The van der Waals surface area contributed by atoms with Crippen molar-refractivity contribution in [3.05, 3.63) is 22.8 Å². The van der Waals surface area contributed by atoms with E-state index >= 15 is 0 Å². The number of hydrogen-bond acceptors (Lipinski definition) is 6. The van der Waals surface area contributed by atoms with Crippen molar-refractivity contribution in [2.45, 2.75) is 6.54 Å². The Hall–Kier alpha value is -1.01. The van der Waals surface area contributed by atoms with Gasteiger partial charge in [-0.1, -0.05) is 0 Å². The number of hydrogen-bond donors (Lipinski definition) is 0. The fraction of sp³-hybridized carbons (Fsp3) is 0.727. The molecule has 11 heteroatoms. The molecule has 130 valence electrons. The summed E-state index contributed by atoms with van der Waals surface area (Å²) < 4.78 is 57.2. The van der Waals surface area contributed by atoms with Crippen LogP contribution >= 0.6 is 0 Å². The lowest BCUT2D eigenvalue weighted by atomic mass is 10.6. The first-order chi connectivity index (χ1) is 10.0. The van der Waals surface area contributed by atoms with E-state index in [0.717, 1.165) is 13.2 Å². The van der Waals surface area contributed by atoms with Crippen LogP contribution in [-0.4, -0.2) is 60.8 Å². The molecule has 0 radical (unpaired) electrons. The van der Waals surface area contributed by atoms with E-state index < -0.39 is 20.0 Å². The monoisotopic (exact) mass is 357 g/mol. The van der Waals surface area contributed by atoms with Crippen LogP contribution in [0, 0.1) is 0 Å². The van der Waals surface area contributed by atoms with E-state index in [0.29, 0.717) is 25.7 Å². The highest BCUT2D eigenvalue weighted by molar-refractivity contribution is 8.11. The lowest BCUT2D eigenvalue weighted by Gasteiger charge is -2.11. The van der Waals surface area contributed by atoms with Gasteiger partial charge in [0, 0.05) is 19.6 Å². The minimum Gasteiger partial charge on any atom is -0.437 e. The second-order valence-corrected chi connectivity index (χ2v) is 7.99. The summed E-state index contributed by atoms with van der Waals surface area (Å²) in [6.07, 6.45) is 7.50. The van der Waals surface area contributed by atoms with Crippen molar-refractivity contribution in [1.29, 1.82) is 0 Å². The minimum atomic E-state index is -3.74. The van der Waals surface area contributed by atoms with Crippen molar-refractivity contribution >= 4 is 20.0 Å². The van der Waals surface area contributed by atoms with E-state index in [1.807, 2.05) is 30.3 Å². The van der Waals surface area contributed by atoms with Crippen LogP contribution in [0.25, 0.3) is 4.13 Å². The number of nitrogens with zero attached hydrogens (tertiary/aromatic N) is 3. The van der Waals surface area contributed by atoms with Gasteiger partial charge in [0.2, 0.25) is 6.33 Å². The number of sulfonamides is 2. The summed E-state index contributed by atoms with van der Waals surface area (Å²) in [5.74, 6) is 0. The molecule has 0 aliphatic heterocycles. The van der Waals surface area contributed by atoms with Gasteiger partial charge in [-0.3, -0.25) is 0 Å². The molecule has 1 heterocycles. The van der Waals surface area contributed by atoms with E-state index in [1.165, 1.54) is 0 Å². The van der Waals surface area contributed by atoms with E-state index in [9.17, 15) is 16.8 Å². The zero-order valence-corrected chi connectivity index (χ0v) is 14.8. The number of imidazole rings is 1. The predicted octanol–water partition coefficient (Wildman–Crippen LogP) is -0.745. The predicted molar refractivity (Wildman–Crippen MR) is 81.3 cm³/mol. The summed E-state index contributed by atoms with van der Waals surface area (Å²) in [5, 5.41) is 0. The van der Waals surface area contributed by atoms with E-state index in [1.54, 1.807) is 7.11 Å². The average Bonchev–Trinajstić information content (AvgIpc) is 2.71. The molecule has 0 bridgehead atoms. The summed E-state index contributed by atoms with van der Waals surface area (Å²) in [5.41, 5.74) is 0. The first kappa shape index (κ1) is 21.0. The van der Waals surface area contributed by atoms with Gasteiger partial charge in [-0.25, -0.2) is 26.0 Å². The molecule has 1 aromatic heterocycles. The van der Waals surface area contributed by atoms with E-state index in [-0.39, 0.29) is 0 Å². The number of aryl methyl sites for hydroxylation is 1. The molecular weight excluding hydrogens is 334 g/mol. The van der Waals surface area contributed by atoms with Gasteiger partial charge in [0.05, 0.1) is 46.9 Å². The highest BCUT2D eigenvalue weighted by Gasteiger charge is 1.98. The molecule has 0 aliphatic carbocycles. The molecule has 0 unspecified atom stereocenters. The number of methoxy groups -OCH3 is 1. The molecule has 0 saturated heterocycles. The van der Waals surface area contributed by atoms with Crippen molar-refractivity contribution in [2.24, 2.45) is 7.05 Å². The topological polar surface area (TPSA) is 110 Å². The lowest BCUT2D eigenvalue weighted by Crippen LogP contribution is -2.24. The van der Waals surface area contributed by atoms with Crippen LogP contribution in [0.3, 0.4) is 0 Å². The Balaban J connectivity index is 0.000000433. The van der Waals surface area contributed by atoms with Crippen molar-refractivity contribution in [2.75, 3.05) is 39.4 Å². The normalized spacial score (nSPS) is 11.8. The second kappa shape index (κ2) is 9.90. The molecular formula is C11H23N3O6S2. The summed E-state index contributed by atoms with van der Waals surface area (Å²) in [6.45, 7) is 2.96. The van der Waals surface area contributed by atoms with Crippen molar-refractivity contribution in [3.8, 4) is 0 Å². The van der Waals surface area contributed by atoms with Crippen molar-refractivity contribution in [3.63, 3.8) is 0 Å². The molecule has 9 nitrogen and oxygen atoms in total. The highest BCUT2D eigenvalue weighted by Crippen LogP contribution is 2.03. The zero-order chi connectivity index (χ0) is 17.2. The summed E-state index contributed by atoms with van der Waals surface area (Å²) in [6, 6.07) is 0. The number of ether oxygens (including phenoxy) is 2. The van der Waals surface area contributed by atoms with Gasteiger partial charge < -0.3 is 13.6 Å². The number of rotatable bonds is 8. The molecule has 0 spiro atoms. The maximum Gasteiger partial charge on any atom is 0.243 e. The van der Waals surface area contributed by atoms with E-state index in [4.69, 9.17) is 9.47 Å². The first-order valence-electron chi connectivity index (χ1n) is 6.25. The third-order valence-electron chi connectivity index (χ3n) is 2.02. The van der Waals surface area contributed by atoms with Crippen LogP contribution in [0.2, 0.25) is 0 Å². The molecule has 1 rings (SSSR count). The van der Waals surface area contributed by atoms with Gasteiger partial charge in [0.25, 0.3) is 0 Å². The van der Waals surface area contributed by atoms with Crippen LogP contribution in [0.15, 0.2) is 18.7 Å². The molecule has 1 aromatic rings. The maximum absolute atomic E-state index is 10.1. The van der Waals surface area contributed by atoms with Gasteiger partial charge in [0.1, 0.15) is 18.9 Å². The highest BCUT2D eigenvalue weighted by atomic mass is 32.3. The van der Waals surface area contributed by atoms with Crippen LogP contribution in [0.1, 0.15) is 0 Å². The molecule has 0 amide bonds. The summed E-state index contributed by atoms with van der Waals surface area (Å²) in [4.78, 5) is 0. The largest absolute Gasteiger partial charge is 0.437 e. The summed E-state index contributed by atoms with van der Waals surface area (Å²) >= 11 is 0. The molecule has 0 N–H and O–H groups in total. The third-order valence-corrected chi connectivity index (χ3v) is 4.19. The standard InChI is InChI=1S/C9H17N2O2.C2H6NO4S2/c1-10-3-4-11(9-10)5-6-13-8-7-12-2;1-8(4,5)3-9(2,6)7/h3-4,9H,5-8H2,1-2H3;1-2H3/q+1;-1. The molecule has 0 fully saturated rings.